The number of aryl methyl sites for hydroxylation is 2. The van der Waals surface area contributed by atoms with E-state index >= 15 is 0 Å². The van der Waals surface area contributed by atoms with E-state index in [4.69, 9.17) is 12.2 Å². The fraction of sp³-hybridized carbons (Fsp3) is 0.217. The van der Waals surface area contributed by atoms with Crippen molar-refractivity contribution in [3.63, 3.8) is 0 Å². The molecule has 0 aliphatic carbocycles. The maximum absolute atomic E-state index is 13.0. The monoisotopic (exact) mass is 385 g/mol. The first-order valence-electron chi connectivity index (χ1n) is 9.74. The highest BCUT2D eigenvalue weighted by Crippen LogP contribution is 2.44. The fourth-order valence-corrected chi connectivity index (χ4v) is 5.47. The van der Waals surface area contributed by atoms with Crippen LogP contribution in [-0.2, 0) is 17.8 Å². The number of hydrogen-bond acceptors (Lipinski definition) is 2. The third-order valence-electron chi connectivity index (χ3n) is 6.29. The molecule has 2 aromatic heterocycles. The lowest BCUT2D eigenvalue weighted by Crippen LogP contribution is -2.20. The van der Waals surface area contributed by atoms with Gasteiger partial charge < -0.3 is 14.9 Å². The molecular formula is C23H19N3OS. The Morgan fingerprint density at radius 3 is 2.79 bits per heavy atom. The molecule has 2 aliphatic rings. The molecule has 5 heteroatoms. The van der Waals surface area contributed by atoms with Crippen LogP contribution in [0.5, 0.6) is 0 Å². The van der Waals surface area contributed by atoms with E-state index in [1.54, 1.807) is 0 Å². The molecule has 0 bridgehead atoms. The first-order valence-corrected chi connectivity index (χ1v) is 10.1. The largest absolute Gasteiger partial charge is 0.361 e. The summed E-state index contributed by atoms with van der Waals surface area (Å²) in [5.41, 5.74) is 5.93. The number of para-hydroxylation sites is 2. The van der Waals surface area contributed by atoms with Crippen molar-refractivity contribution in [3.8, 4) is 0 Å². The summed E-state index contributed by atoms with van der Waals surface area (Å²) in [4.78, 5) is 16.9. The van der Waals surface area contributed by atoms with Gasteiger partial charge >= 0.3 is 0 Å². The number of H-pyrrole nitrogens is 1. The Labute approximate surface area is 167 Å². The minimum Gasteiger partial charge on any atom is -0.361 e. The lowest BCUT2D eigenvalue weighted by atomic mass is 9.83. The van der Waals surface area contributed by atoms with Crippen molar-refractivity contribution in [2.45, 2.75) is 31.2 Å². The number of hydrogen-bond donors (Lipinski definition) is 2. The van der Waals surface area contributed by atoms with Gasteiger partial charge in [-0.1, -0.05) is 48.6 Å². The molecule has 6 rings (SSSR count). The van der Waals surface area contributed by atoms with Gasteiger partial charge in [-0.15, -0.1) is 0 Å². The van der Waals surface area contributed by atoms with E-state index < -0.39 is 0 Å². The maximum Gasteiger partial charge on any atom is 0.233 e. The number of carbonyl (C=O) groups is 1. The highest BCUT2D eigenvalue weighted by molar-refractivity contribution is 7.80. The third-order valence-corrected chi connectivity index (χ3v) is 6.65. The Morgan fingerprint density at radius 1 is 1.00 bits per heavy atom. The molecule has 1 saturated heterocycles. The van der Waals surface area contributed by atoms with Crippen molar-refractivity contribution in [3.05, 3.63) is 71.5 Å². The maximum atomic E-state index is 13.0. The van der Waals surface area contributed by atoms with Crippen molar-refractivity contribution >= 4 is 44.9 Å². The highest BCUT2D eigenvalue weighted by Gasteiger charge is 2.43. The van der Waals surface area contributed by atoms with Gasteiger partial charge in [-0.2, -0.15) is 0 Å². The van der Waals surface area contributed by atoms with Gasteiger partial charge in [0.2, 0.25) is 5.91 Å². The van der Waals surface area contributed by atoms with Crippen LogP contribution >= 0.6 is 12.2 Å². The summed E-state index contributed by atoms with van der Waals surface area (Å²) in [6, 6.07) is 14.7. The van der Waals surface area contributed by atoms with Crippen LogP contribution in [0.1, 0.15) is 34.9 Å². The molecule has 1 amide bonds. The van der Waals surface area contributed by atoms with Crippen LogP contribution < -0.4 is 5.32 Å². The van der Waals surface area contributed by atoms with Crippen molar-refractivity contribution in [1.82, 2.24) is 14.9 Å². The Hall–Kier alpha value is -2.92. The molecular weight excluding hydrogens is 366 g/mol. The number of amides is 1. The van der Waals surface area contributed by atoms with Gasteiger partial charge in [-0.3, -0.25) is 4.79 Å². The molecule has 0 radical (unpaired) electrons. The molecule has 28 heavy (non-hydrogen) atoms. The predicted molar refractivity (Wildman–Crippen MR) is 115 cm³/mol. The lowest BCUT2D eigenvalue weighted by Gasteiger charge is -2.16. The van der Waals surface area contributed by atoms with Gasteiger partial charge in [-0.05, 0) is 35.6 Å². The Morgan fingerprint density at radius 2 is 1.86 bits per heavy atom. The van der Waals surface area contributed by atoms with Crippen LogP contribution in [-0.4, -0.2) is 20.4 Å². The zero-order chi connectivity index (χ0) is 18.8. The zero-order valence-corrected chi connectivity index (χ0v) is 16.1. The molecule has 0 spiro atoms. The van der Waals surface area contributed by atoms with E-state index in [-0.39, 0.29) is 17.7 Å². The lowest BCUT2D eigenvalue weighted by molar-refractivity contribution is -0.120. The molecule has 2 aromatic carbocycles. The summed E-state index contributed by atoms with van der Waals surface area (Å²) in [6.07, 6.45) is 6.46. The predicted octanol–water partition coefficient (Wildman–Crippen LogP) is 4.39. The second kappa shape index (κ2) is 5.79. The van der Waals surface area contributed by atoms with Crippen LogP contribution in [0.25, 0.3) is 21.8 Å². The van der Waals surface area contributed by atoms with Gasteiger partial charge in [0.25, 0.3) is 0 Å². The normalized spacial score (nSPS) is 21.6. The molecule has 2 atom stereocenters. The number of aromatic amines is 1. The molecule has 138 valence electrons. The molecule has 4 nitrogen and oxygen atoms in total. The molecule has 2 aliphatic heterocycles. The van der Waals surface area contributed by atoms with E-state index in [9.17, 15) is 4.79 Å². The smallest absolute Gasteiger partial charge is 0.233 e. The Balaban J connectivity index is 1.58. The summed E-state index contributed by atoms with van der Waals surface area (Å²) in [6.45, 7) is 1.02. The molecule has 4 aromatic rings. The molecule has 2 unspecified atom stereocenters. The first kappa shape index (κ1) is 16.1. The quantitative estimate of drug-likeness (QED) is 0.503. The number of nitrogens with one attached hydrogen (secondary N) is 2. The molecule has 4 heterocycles. The van der Waals surface area contributed by atoms with Crippen LogP contribution in [0.3, 0.4) is 0 Å². The van der Waals surface area contributed by atoms with E-state index in [0.29, 0.717) is 4.99 Å². The molecule has 2 N–H and O–H groups in total. The number of rotatable bonds is 2. The number of nitrogens with zero attached hydrogens (tertiary/aromatic N) is 1. The fourth-order valence-electron chi connectivity index (χ4n) is 5.10. The minimum absolute atomic E-state index is 0.00770. The average molecular weight is 385 g/mol. The van der Waals surface area contributed by atoms with E-state index in [0.717, 1.165) is 41.4 Å². The van der Waals surface area contributed by atoms with Crippen molar-refractivity contribution in [2.75, 3.05) is 0 Å². The molecule has 1 fully saturated rings. The van der Waals surface area contributed by atoms with Crippen LogP contribution in [0.4, 0.5) is 0 Å². The highest BCUT2D eigenvalue weighted by atomic mass is 32.1. The van der Waals surface area contributed by atoms with E-state index in [1.165, 1.54) is 16.5 Å². The zero-order valence-electron chi connectivity index (χ0n) is 15.2. The van der Waals surface area contributed by atoms with Gasteiger partial charge in [0.05, 0.1) is 22.3 Å². The third kappa shape index (κ3) is 2.11. The number of fused-ring (bicyclic) bond motifs is 1. The van der Waals surface area contributed by atoms with Crippen LogP contribution in [0, 0.1) is 0 Å². The first-order chi connectivity index (χ1) is 13.7. The van der Waals surface area contributed by atoms with Crippen molar-refractivity contribution in [1.29, 1.82) is 0 Å². The summed E-state index contributed by atoms with van der Waals surface area (Å²) >= 11 is 5.68. The number of aromatic nitrogens is 2. The Bertz CT molecular complexity index is 1280. The second-order valence-corrected chi connectivity index (χ2v) is 8.23. The number of carbonyl (C=O) groups excluding carboxylic acids is 1. The number of thiocarbonyl (C=S) groups is 1. The summed E-state index contributed by atoms with van der Waals surface area (Å²) in [5, 5.41) is 5.28. The molecule has 0 saturated carbocycles. The van der Waals surface area contributed by atoms with Gasteiger partial charge in [-0.25, -0.2) is 0 Å². The summed E-state index contributed by atoms with van der Waals surface area (Å²) < 4.78 is 2.35. The summed E-state index contributed by atoms with van der Waals surface area (Å²) in [5.74, 6) is -0.461. The van der Waals surface area contributed by atoms with Crippen molar-refractivity contribution < 1.29 is 4.79 Å². The minimum atomic E-state index is -0.313. The van der Waals surface area contributed by atoms with Crippen molar-refractivity contribution in [2.24, 2.45) is 0 Å². The van der Waals surface area contributed by atoms with E-state index in [1.807, 2.05) is 24.4 Å². The topological polar surface area (TPSA) is 49.8 Å². The van der Waals surface area contributed by atoms with E-state index in [2.05, 4.69) is 45.3 Å². The van der Waals surface area contributed by atoms with Crippen LogP contribution in [0.15, 0.2) is 54.9 Å². The Kier molecular flexibility index (Phi) is 3.32. The number of benzene rings is 2. The second-order valence-electron chi connectivity index (χ2n) is 7.79. The average Bonchev–Trinajstić information content (AvgIpc) is 3.37. The van der Waals surface area contributed by atoms with Gasteiger partial charge in [0.1, 0.15) is 0 Å². The summed E-state index contributed by atoms with van der Waals surface area (Å²) in [7, 11) is 0. The standard InChI is InChI=1S/C23H19N3OS/c27-22-19(16-11-24-18-9-2-1-7-14(16)18)20(23(28)25-22)17-12-26-10-4-6-13-5-3-8-15(17)21(13)26/h1-3,5,7-9,11-12,19-20,24H,4,6,10H2,(H,25,27,28). The van der Waals surface area contributed by atoms with Gasteiger partial charge in [0.15, 0.2) is 0 Å². The van der Waals surface area contributed by atoms with Crippen LogP contribution in [0.2, 0.25) is 0 Å². The van der Waals surface area contributed by atoms with Gasteiger partial charge in [0, 0.05) is 35.2 Å². The SMILES string of the molecule is O=C1NC(=S)C(c2cn3c4c(cccc24)CCC3)C1c1c[nH]c2ccccc12.